The van der Waals surface area contributed by atoms with Gasteiger partial charge in [-0.15, -0.1) is 11.3 Å². The summed E-state index contributed by atoms with van der Waals surface area (Å²) in [5.74, 6) is 0.932. The minimum absolute atomic E-state index is 0.0778. The van der Waals surface area contributed by atoms with Gasteiger partial charge >= 0.3 is 0 Å². The maximum atomic E-state index is 5.62. The first-order valence-corrected chi connectivity index (χ1v) is 7.43. The minimum atomic E-state index is 0.0778. The van der Waals surface area contributed by atoms with Crippen molar-refractivity contribution >= 4 is 34.9 Å². The van der Waals surface area contributed by atoms with Gasteiger partial charge in [0.1, 0.15) is 17.9 Å². The number of fused-ring (bicyclic) bond motifs is 1. The Hall–Kier alpha value is -1.96. The molecule has 0 bridgehead atoms. The molecule has 0 radical (unpaired) electrons. The number of nitrogens with two attached hydrogens (primary N) is 1. The summed E-state index contributed by atoms with van der Waals surface area (Å²) in [4.78, 5) is 14.2. The number of likely N-dealkylation sites (N-methyl/N-ethyl adjacent to an activating group) is 1. The van der Waals surface area contributed by atoms with Crippen LogP contribution in [0.5, 0.6) is 0 Å². The molecule has 0 aliphatic carbocycles. The average Bonchev–Trinajstić information content (AvgIpc) is 3.05. The van der Waals surface area contributed by atoms with Crippen LogP contribution in [0.4, 0.5) is 5.13 Å². The second-order valence-corrected chi connectivity index (χ2v) is 5.71. The van der Waals surface area contributed by atoms with E-state index in [1.807, 2.05) is 17.4 Å². The molecule has 3 heterocycles. The van der Waals surface area contributed by atoms with Crippen LogP contribution in [0.1, 0.15) is 11.8 Å². The van der Waals surface area contributed by atoms with E-state index in [1.54, 1.807) is 6.34 Å². The number of nitrogens with zero attached hydrogens (tertiary/aromatic N) is 5. The number of thiazole rings is 1. The van der Waals surface area contributed by atoms with Crippen molar-refractivity contribution in [2.45, 2.75) is 25.4 Å². The maximum Gasteiger partial charge on any atom is 0.180 e. The van der Waals surface area contributed by atoms with Crippen LogP contribution in [0, 0.1) is 0 Å². The number of hydrogen-bond acceptors (Lipinski definition) is 7. The number of anilines is 1. The molecular weight excluding hydrogens is 274 g/mol. The molecule has 1 aromatic heterocycles. The molecule has 3 N–H and O–H groups in total. The van der Waals surface area contributed by atoms with Crippen molar-refractivity contribution in [2.24, 2.45) is 15.1 Å². The molecule has 2 aliphatic heterocycles. The molecule has 2 atom stereocenters. The Morgan fingerprint density at radius 2 is 2.45 bits per heavy atom. The molecule has 0 saturated carbocycles. The summed E-state index contributed by atoms with van der Waals surface area (Å²) in [5.41, 5.74) is 5.62. The number of hydrazone groups is 1. The fourth-order valence-corrected chi connectivity index (χ4v) is 3.00. The SMILES string of the molecule is CCN1N=CC2N=CNC(=NCCc3cnc(N)s3)C21. The minimum Gasteiger partial charge on any atom is -0.375 e. The lowest BCUT2D eigenvalue weighted by Gasteiger charge is -2.28. The highest BCUT2D eigenvalue weighted by atomic mass is 32.1. The largest absolute Gasteiger partial charge is 0.375 e. The summed E-state index contributed by atoms with van der Waals surface area (Å²) in [6, 6.07) is 0.186. The van der Waals surface area contributed by atoms with Gasteiger partial charge in [-0.3, -0.25) is 15.0 Å². The Kier molecular flexibility index (Phi) is 3.64. The molecule has 7 nitrogen and oxygen atoms in total. The third-order valence-corrected chi connectivity index (χ3v) is 4.17. The molecule has 1 aromatic rings. The number of nitrogens with one attached hydrogen (secondary N) is 1. The third-order valence-electron chi connectivity index (χ3n) is 3.29. The molecule has 106 valence electrons. The standard InChI is InChI=1S/C12H17N7S/c1-2-19-10-9(6-18-19)16-7-17-11(10)14-4-3-8-5-15-12(13)20-8/h5-7,9-10H,2-4H2,1H3,(H2,13,15)(H,14,16,17). The van der Waals surface area contributed by atoms with Crippen LogP contribution < -0.4 is 11.1 Å². The molecule has 0 aromatic carbocycles. The van der Waals surface area contributed by atoms with E-state index in [0.717, 1.165) is 23.7 Å². The number of nitrogen functional groups attached to an aromatic ring is 1. The Morgan fingerprint density at radius 3 is 3.20 bits per heavy atom. The van der Waals surface area contributed by atoms with E-state index in [-0.39, 0.29) is 12.1 Å². The molecule has 0 spiro atoms. The number of aromatic nitrogens is 1. The highest BCUT2D eigenvalue weighted by Gasteiger charge is 2.35. The van der Waals surface area contributed by atoms with Gasteiger partial charge in [0, 0.05) is 30.6 Å². The first kappa shape index (κ1) is 13.0. The molecule has 8 heteroatoms. The number of aliphatic imine (C=N–C) groups is 2. The number of hydrogen-bond donors (Lipinski definition) is 2. The number of amidine groups is 1. The summed E-state index contributed by atoms with van der Waals surface area (Å²) in [6.07, 6.45) is 6.25. The van der Waals surface area contributed by atoms with E-state index in [4.69, 9.17) is 5.73 Å². The third kappa shape index (κ3) is 2.51. The molecule has 2 unspecified atom stereocenters. The van der Waals surface area contributed by atoms with E-state index in [1.165, 1.54) is 11.3 Å². The van der Waals surface area contributed by atoms with Crippen molar-refractivity contribution in [1.82, 2.24) is 15.3 Å². The van der Waals surface area contributed by atoms with E-state index in [0.29, 0.717) is 11.7 Å². The van der Waals surface area contributed by atoms with Gasteiger partial charge in [-0.1, -0.05) is 0 Å². The van der Waals surface area contributed by atoms with E-state index in [2.05, 4.69) is 32.3 Å². The van der Waals surface area contributed by atoms with Gasteiger partial charge in [-0.25, -0.2) is 4.98 Å². The van der Waals surface area contributed by atoms with Gasteiger partial charge in [0.05, 0.1) is 12.6 Å². The van der Waals surface area contributed by atoms with Gasteiger partial charge in [0.2, 0.25) is 0 Å². The molecule has 20 heavy (non-hydrogen) atoms. The van der Waals surface area contributed by atoms with Gasteiger partial charge in [-0.2, -0.15) is 5.10 Å². The lowest BCUT2D eigenvalue weighted by molar-refractivity contribution is 0.281. The second kappa shape index (κ2) is 5.58. The maximum absolute atomic E-state index is 5.62. The average molecular weight is 291 g/mol. The zero-order valence-corrected chi connectivity index (χ0v) is 12.0. The molecule has 0 saturated heterocycles. The van der Waals surface area contributed by atoms with Crippen LogP contribution in [0.2, 0.25) is 0 Å². The Balaban J connectivity index is 1.66. The van der Waals surface area contributed by atoms with Crippen molar-refractivity contribution in [3.8, 4) is 0 Å². The lowest BCUT2D eigenvalue weighted by atomic mass is 10.1. The summed E-state index contributed by atoms with van der Waals surface area (Å²) in [7, 11) is 0. The Morgan fingerprint density at radius 1 is 1.55 bits per heavy atom. The predicted octanol–water partition coefficient (Wildman–Crippen LogP) is 0.356. The lowest BCUT2D eigenvalue weighted by Crippen LogP contribution is -2.51. The summed E-state index contributed by atoms with van der Waals surface area (Å²) >= 11 is 1.51. The first-order chi connectivity index (χ1) is 9.78. The van der Waals surface area contributed by atoms with Crippen LogP contribution in [0.25, 0.3) is 0 Å². The quantitative estimate of drug-likeness (QED) is 0.837. The van der Waals surface area contributed by atoms with Crippen molar-refractivity contribution in [3.63, 3.8) is 0 Å². The van der Waals surface area contributed by atoms with Crippen molar-refractivity contribution in [1.29, 1.82) is 0 Å². The van der Waals surface area contributed by atoms with Crippen molar-refractivity contribution < 1.29 is 0 Å². The van der Waals surface area contributed by atoms with Crippen LogP contribution >= 0.6 is 11.3 Å². The Bertz CT molecular complexity index is 562. The number of rotatable bonds is 4. The monoisotopic (exact) mass is 291 g/mol. The van der Waals surface area contributed by atoms with E-state index < -0.39 is 0 Å². The fourth-order valence-electron chi connectivity index (χ4n) is 2.32. The first-order valence-electron chi connectivity index (χ1n) is 6.61. The Labute approximate surface area is 121 Å². The highest BCUT2D eigenvalue weighted by Crippen LogP contribution is 2.18. The van der Waals surface area contributed by atoms with Gasteiger partial charge in [0.15, 0.2) is 5.13 Å². The molecular formula is C12H17N7S. The van der Waals surface area contributed by atoms with Crippen LogP contribution in [0.3, 0.4) is 0 Å². The summed E-state index contributed by atoms with van der Waals surface area (Å²) in [5, 5.41) is 10.1. The summed E-state index contributed by atoms with van der Waals surface area (Å²) in [6.45, 7) is 3.63. The van der Waals surface area contributed by atoms with Gasteiger partial charge in [0.25, 0.3) is 0 Å². The predicted molar refractivity (Wildman–Crippen MR) is 82.6 cm³/mol. The fraction of sp³-hybridized carbons (Fsp3) is 0.500. The molecule has 0 fully saturated rings. The van der Waals surface area contributed by atoms with Crippen LogP contribution in [0.15, 0.2) is 21.3 Å². The van der Waals surface area contributed by atoms with Crippen LogP contribution in [-0.4, -0.2) is 53.6 Å². The molecule has 0 amide bonds. The van der Waals surface area contributed by atoms with E-state index >= 15 is 0 Å². The topological polar surface area (TPSA) is 91.3 Å². The summed E-state index contributed by atoms with van der Waals surface area (Å²) < 4.78 is 0. The van der Waals surface area contributed by atoms with Crippen molar-refractivity contribution in [2.75, 3.05) is 18.8 Å². The normalized spacial score (nSPS) is 26.1. The highest BCUT2D eigenvalue weighted by molar-refractivity contribution is 7.15. The molecule has 2 aliphatic rings. The molecule has 3 rings (SSSR count). The second-order valence-electron chi connectivity index (χ2n) is 4.56. The zero-order chi connectivity index (χ0) is 13.9. The van der Waals surface area contributed by atoms with Gasteiger partial charge in [-0.05, 0) is 6.92 Å². The van der Waals surface area contributed by atoms with Crippen molar-refractivity contribution in [3.05, 3.63) is 11.1 Å². The zero-order valence-electron chi connectivity index (χ0n) is 11.2. The smallest absolute Gasteiger partial charge is 0.180 e. The van der Waals surface area contributed by atoms with E-state index in [9.17, 15) is 0 Å². The van der Waals surface area contributed by atoms with Gasteiger partial charge < -0.3 is 11.1 Å². The van der Waals surface area contributed by atoms with Crippen LogP contribution in [-0.2, 0) is 6.42 Å².